The molecular weight excluding hydrogens is 376 g/mol. The number of rotatable bonds is 6. The molecule has 30 heavy (non-hydrogen) atoms. The Kier molecular flexibility index (Phi) is 6.16. The maximum atomic E-state index is 12.9. The lowest BCUT2D eigenvalue weighted by Crippen LogP contribution is -2.43. The van der Waals surface area contributed by atoms with E-state index in [1.165, 1.54) is 12.2 Å². The van der Waals surface area contributed by atoms with Crippen molar-refractivity contribution >= 4 is 5.97 Å². The minimum atomic E-state index is -0.105. The Morgan fingerprint density at radius 1 is 1.23 bits per heavy atom. The van der Waals surface area contributed by atoms with Gasteiger partial charge in [-0.05, 0) is 61.3 Å². The average molecular weight is 412 g/mol. The predicted molar refractivity (Wildman–Crippen MR) is 116 cm³/mol. The second kappa shape index (κ2) is 8.83. The Morgan fingerprint density at radius 3 is 2.70 bits per heavy atom. The second-order valence-electron chi connectivity index (χ2n) is 9.40. The second-order valence-corrected chi connectivity index (χ2v) is 9.40. The molecule has 1 aliphatic heterocycles. The topological polar surface area (TPSA) is 44.3 Å². The molecule has 0 unspecified atom stereocenters. The van der Waals surface area contributed by atoms with Gasteiger partial charge >= 0.3 is 5.97 Å². The van der Waals surface area contributed by atoms with Crippen molar-refractivity contribution < 1.29 is 18.8 Å². The van der Waals surface area contributed by atoms with E-state index in [-0.39, 0.29) is 12.1 Å². The number of carbonyl (C=O) groups is 1. The third kappa shape index (κ3) is 4.26. The number of hydrogen-bond acceptors (Lipinski definition) is 3. The molecule has 4 rings (SSSR count). The maximum absolute atomic E-state index is 12.9. The summed E-state index contributed by atoms with van der Waals surface area (Å²) in [6.07, 6.45) is 7.67. The number of methoxy groups -OCH3 is 1. The predicted octanol–water partition coefficient (Wildman–Crippen LogP) is 4.40. The first-order chi connectivity index (χ1) is 14.5. The molecule has 3 atom stereocenters. The van der Waals surface area contributed by atoms with Crippen LogP contribution in [0.1, 0.15) is 52.3 Å². The van der Waals surface area contributed by atoms with E-state index in [0.29, 0.717) is 24.3 Å². The van der Waals surface area contributed by atoms with E-state index in [0.717, 1.165) is 49.2 Å². The number of aromatic nitrogens is 2. The lowest BCUT2D eigenvalue weighted by molar-refractivity contribution is -0.692. The molecule has 2 heterocycles. The van der Waals surface area contributed by atoms with Gasteiger partial charge in [0, 0.05) is 5.56 Å². The molecule has 1 aromatic heterocycles. The van der Waals surface area contributed by atoms with Gasteiger partial charge in [0.25, 0.3) is 5.82 Å². The van der Waals surface area contributed by atoms with Gasteiger partial charge < -0.3 is 9.47 Å². The van der Waals surface area contributed by atoms with Gasteiger partial charge in [-0.1, -0.05) is 27.2 Å². The van der Waals surface area contributed by atoms with Crippen LogP contribution in [0.15, 0.2) is 30.5 Å². The monoisotopic (exact) mass is 411 g/mol. The van der Waals surface area contributed by atoms with Crippen LogP contribution in [0.5, 0.6) is 5.75 Å². The van der Waals surface area contributed by atoms with Crippen LogP contribution >= 0.6 is 0 Å². The molecule has 1 aliphatic carbocycles. The number of hydrogen-bond donors (Lipinski definition) is 0. The molecule has 0 amide bonds. The van der Waals surface area contributed by atoms with Crippen LogP contribution in [-0.4, -0.2) is 23.8 Å². The van der Waals surface area contributed by atoms with Crippen molar-refractivity contribution in [3.8, 4) is 17.0 Å². The molecule has 1 saturated carbocycles. The van der Waals surface area contributed by atoms with Crippen molar-refractivity contribution in [1.29, 1.82) is 0 Å². The van der Waals surface area contributed by atoms with Crippen molar-refractivity contribution in [1.82, 2.24) is 4.57 Å². The molecule has 162 valence electrons. The highest BCUT2D eigenvalue weighted by Crippen LogP contribution is 2.35. The third-order valence-corrected chi connectivity index (χ3v) is 6.92. The molecule has 2 aromatic rings. The van der Waals surface area contributed by atoms with Crippen LogP contribution in [0.4, 0.5) is 0 Å². The molecule has 2 aliphatic rings. The van der Waals surface area contributed by atoms with E-state index in [1.54, 1.807) is 7.11 Å². The molecule has 0 radical (unpaired) electrons. The summed E-state index contributed by atoms with van der Waals surface area (Å²) >= 11 is 0. The van der Waals surface area contributed by atoms with Gasteiger partial charge in [-0.25, -0.2) is 13.9 Å². The number of carbonyl (C=O) groups excluding carboxylic acids is 1. The smallest absolute Gasteiger partial charge is 0.348 e. The zero-order valence-corrected chi connectivity index (χ0v) is 18.8. The highest BCUT2D eigenvalue weighted by atomic mass is 16.5. The van der Waals surface area contributed by atoms with E-state index >= 15 is 0 Å². The number of ether oxygens (including phenoxy) is 2. The first-order valence-electron chi connectivity index (χ1n) is 11.4. The Labute approximate surface area is 180 Å². The molecule has 5 heteroatoms. The number of benzene rings is 1. The highest BCUT2D eigenvalue weighted by molar-refractivity contribution is 5.68. The minimum absolute atomic E-state index is 0.0542. The number of esters is 1. The van der Waals surface area contributed by atoms with Gasteiger partial charge in [-0.15, -0.1) is 0 Å². The molecule has 0 N–H and O–H groups in total. The molecular formula is C25H35N2O3+. The van der Waals surface area contributed by atoms with Crippen molar-refractivity contribution in [2.45, 2.75) is 72.1 Å². The third-order valence-electron chi connectivity index (χ3n) is 6.92. The zero-order valence-electron chi connectivity index (χ0n) is 18.8. The van der Waals surface area contributed by atoms with Gasteiger partial charge in [-0.2, -0.15) is 0 Å². The molecule has 1 fully saturated rings. The van der Waals surface area contributed by atoms with E-state index in [1.807, 2.05) is 12.1 Å². The van der Waals surface area contributed by atoms with Crippen LogP contribution in [-0.2, 0) is 29.0 Å². The van der Waals surface area contributed by atoms with Crippen molar-refractivity contribution in [2.24, 2.45) is 17.8 Å². The zero-order chi connectivity index (χ0) is 21.3. The highest BCUT2D eigenvalue weighted by Gasteiger charge is 2.35. The normalized spacial score (nSPS) is 23.4. The van der Waals surface area contributed by atoms with Crippen LogP contribution in [0.2, 0.25) is 0 Å². The Hall–Kier alpha value is -2.30. The van der Waals surface area contributed by atoms with Crippen LogP contribution < -0.4 is 9.30 Å². The fraction of sp³-hybridized carbons (Fsp3) is 0.600. The van der Waals surface area contributed by atoms with Gasteiger partial charge in [0.05, 0.1) is 20.1 Å². The summed E-state index contributed by atoms with van der Waals surface area (Å²) in [5.74, 6) is 3.62. The quantitative estimate of drug-likeness (QED) is 0.523. The van der Waals surface area contributed by atoms with Gasteiger partial charge in [0.2, 0.25) is 0 Å². The summed E-state index contributed by atoms with van der Waals surface area (Å²) in [5, 5.41) is 0. The molecule has 1 aromatic carbocycles. The SMILES string of the molecule is COc1ccc(-c2c[n+](CC(=O)O[C@@H]3C[C@H](C)CC[C@H]3C(C)C)c3n2CCC3)cc1. The van der Waals surface area contributed by atoms with Gasteiger partial charge in [0.1, 0.15) is 18.1 Å². The Bertz CT molecular complexity index is 885. The van der Waals surface area contributed by atoms with Crippen molar-refractivity contribution in [3.63, 3.8) is 0 Å². The summed E-state index contributed by atoms with van der Waals surface area (Å²) in [6, 6.07) is 8.14. The van der Waals surface area contributed by atoms with Crippen LogP contribution in [0, 0.1) is 17.8 Å². The first-order valence-corrected chi connectivity index (χ1v) is 11.4. The summed E-state index contributed by atoms with van der Waals surface area (Å²) in [7, 11) is 1.68. The number of fused-ring (bicyclic) bond motifs is 1. The van der Waals surface area contributed by atoms with E-state index in [2.05, 4.69) is 48.2 Å². The number of imidazole rings is 1. The summed E-state index contributed by atoms with van der Waals surface area (Å²) in [5.41, 5.74) is 2.30. The summed E-state index contributed by atoms with van der Waals surface area (Å²) in [4.78, 5) is 12.9. The summed E-state index contributed by atoms with van der Waals surface area (Å²) < 4.78 is 15.8. The van der Waals surface area contributed by atoms with Gasteiger partial charge in [-0.3, -0.25) is 0 Å². The summed E-state index contributed by atoms with van der Waals surface area (Å²) in [6.45, 7) is 8.06. The lowest BCUT2D eigenvalue weighted by Gasteiger charge is -2.36. The molecule has 0 saturated heterocycles. The fourth-order valence-electron chi connectivity index (χ4n) is 5.23. The minimum Gasteiger partial charge on any atom is -0.497 e. The standard InChI is InChI=1S/C25H35N2O3/c1-17(2)21-12-7-18(3)14-23(21)30-25(28)16-26-15-22(27-13-5-6-24(26)27)19-8-10-20(29-4)11-9-19/h8-11,15,17-18,21,23H,5-7,12-14,16H2,1-4H3/q+1/t18-,21+,23-/m1/s1. The van der Waals surface area contributed by atoms with Crippen molar-refractivity contribution in [3.05, 3.63) is 36.3 Å². The molecule has 0 spiro atoms. The van der Waals surface area contributed by atoms with Gasteiger partial charge in [0.15, 0.2) is 12.2 Å². The van der Waals surface area contributed by atoms with E-state index in [4.69, 9.17) is 9.47 Å². The first kappa shape index (κ1) is 21.0. The number of nitrogens with zero attached hydrogens (tertiary/aromatic N) is 2. The molecule has 0 bridgehead atoms. The van der Waals surface area contributed by atoms with Crippen LogP contribution in [0.3, 0.4) is 0 Å². The van der Waals surface area contributed by atoms with E-state index in [9.17, 15) is 4.79 Å². The lowest BCUT2D eigenvalue weighted by atomic mass is 9.75. The largest absolute Gasteiger partial charge is 0.497 e. The van der Waals surface area contributed by atoms with Crippen molar-refractivity contribution in [2.75, 3.05) is 7.11 Å². The maximum Gasteiger partial charge on any atom is 0.348 e. The fourth-order valence-corrected chi connectivity index (χ4v) is 5.23. The van der Waals surface area contributed by atoms with Crippen LogP contribution in [0.25, 0.3) is 11.3 Å². The Morgan fingerprint density at radius 2 is 2.00 bits per heavy atom. The van der Waals surface area contributed by atoms with E-state index < -0.39 is 0 Å². The Balaban J connectivity index is 1.51. The molecule has 5 nitrogen and oxygen atoms in total. The average Bonchev–Trinajstić information content (AvgIpc) is 3.32.